The topological polar surface area (TPSA) is 65.7 Å². The van der Waals surface area contributed by atoms with Crippen LogP contribution in [0.2, 0.25) is 0 Å². The minimum absolute atomic E-state index is 0.0355. The van der Waals surface area contributed by atoms with E-state index in [0.29, 0.717) is 4.88 Å². The molecule has 0 aliphatic rings. The van der Waals surface area contributed by atoms with E-state index in [-0.39, 0.29) is 16.9 Å². The lowest BCUT2D eigenvalue weighted by Gasteiger charge is -2.14. The van der Waals surface area contributed by atoms with Gasteiger partial charge in [-0.25, -0.2) is 4.79 Å². The molecular weight excluding hydrogens is 493 g/mol. The number of esters is 1. The summed E-state index contributed by atoms with van der Waals surface area (Å²) in [5.41, 5.74) is 0.345. The van der Waals surface area contributed by atoms with Crippen molar-refractivity contribution in [3.63, 3.8) is 0 Å². The molecule has 36 heavy (non-hydrogen) atoms. The molecule has 5 aromatic rings. The van der Waals surface area contributed by atoms with Gasteiger partial charge in [0.1, 0.15) is 22.0 Å². The van der Waals surface area contributed by atoms with Gasteiger partial charge in [0.05, 0.1) is 5.39 Å². The first kappa shape index (κ1) is 23.4. The number of halogens is 3. The van der Waals surface area contributed by atoms with E-state index in [1.165, 1.54) is 24.3 Å². The zero-order valence-electron chi connectivity index (χ0n) is 18.2. The van der Waals surface area contributed by atoms with Gasteiger partial charge in [-0.15, -0.1) is 11.3 Å². The van der Waals surface area contributed by atoms with Crippen LogP contribution in [0, 0.1) is 0 Å². The first-order valence-corrected chi connectivity index (χ1v) is 11.4. The monoisotopic (exact) mass is 508 g/mol. The van der Waals surface area contributed by atoms with Gasteiger partial charge in [-0.1, -0.05) is 48.5 Å². The van der Waals surface area contributed by atoms with Gasteiger partial charge in [0.15, 0.2) is 0 Å². The second-order valence-corrected chi connectivity index (χ2v) is 8.55. The fourth-order valence-electron chi connectivity index (χ4n) is 3.52. The molecule has 0 atom stereocenters. The average molecular weight is 508 g/mol. The number of carbonyl (C=O) groups is 1. The molecular formula is C27H15F3O5S. The summed E-state index contributed by atoms with van der Waals surface area (Å²) in [6.07, 6.45) is -5.02. The minimum atomic E-state index is -5.02. The molecule has 5 rings (SSSR count). The van der Waals surface area contributed by atoms with Crippen molar-refractivity contribution in [2.24, 2.45) is 0 Å². The fraction of sp³-hybridized carbons (Fsp3) is 0.0370. The van der Waals surface area contributed by atoms with Gasteiger partial charge in [0.2, 0.25) is 11.2 Å². The number of alkyl halides is 3. The van der Waals surface area contributed by atoms with Crippen LogP contribution in [-0.4, -0.2) is 5.97 Å². The molecule has 2 aromatic heterocycles. The number of benzene rings is 3. The molecule has 0 saturated carbocycles. The van der Waals surface area contributed by atoms with Crippen molar-refractivity contribution in [2.45, 2.75) is 6.18 Å². The predicted octanol–water partition coefficient (Wildman–Crippen LogP) is 7.55. The van der Waals surface area contributed by atoms with Gasteiger partial charge in [0.25, 0.3) is 5.76 Å². The highest BCUT2D eigenvalue weighted by atomic mass is 32.1. The van der Waals surface area contributed by atoms with Crippen LogP contribution in [0.3, 0.4) is 0 Å². The zero-order valence-corrected chi connectivity index (χ0v) is 19.1. The molecule has 5 nitrogen and oxygen atoms in total. The number of rotatable bonds is 5. The minimum Gasteiger partial charge on any atom is -0.449 e. The van der Waals surface area contributed by atoms with Gasteiger partial charge in [-0.3, -0.25) is 4.79 Å². The van der Waals surface area contributed by atoms with Crippen LogP contribution >= 0.6 is 11.3 Å². The van der Waals surface area contributed by atoms with E-state index in [4.69, 9.17) is 13.9 Å². The third kappa shape index (κ3) is 4.73. The van der Waals surface area contributed by atoms with Crippen LogP contribution in [0.5, 0.6) is 17.2 Å². The SMILES string of the molecule is O=C(Oc1ccc2c(=O)c(Oc3ccc(-c4ccccc4)cc3)c(C(F)(F)F)oc2c1)c1cccs1. The summed E-state index contributed by atoms with van der Waals surface area (Å²) in [4.78, 5) is 25.5. The summed E-state index contributed by atoms with van der Waals surface area (Å²) in [7, 11) is 0. The Kier molecular flexibility index (Phi) is 6.07. The summed E-state index contributed by atoms with van der Waals surface area (Å²) in [6.45, 7) is 0. The number of carbonyl (C=O) groups excluding carboxylic acids is 1. The molecule has 9 heteroatoms. The maximum Gasteiger partial charge on any atom is 0.453 e. The standard InChI is InChI=1S/C27H15F3O5S/c28-27(29,30)25-24(33-18-10-8-17(9-11-18)16-5-2-1-3-6-16)23(31)20-13-12-19(15-21(20)35-25)34-26(32)22-7-4-14-36-22/h1-15H. The van der Waals surface area contributed by atoms with Crippen molar-refractivity contribution >= 4 is 28.3 Å². The number of hydrogen-bond acceptors (Lipinski definition) is 6. The number of thiophene rings is 1. The molecule has 0 bridgehead atoms. The Hall–Kier alpha value is -4.37. The van der Waals surface area contributed by atoms with E-state index in [1.54, 1.807) is 29.6 Å². The Morgan fingerprint density at radius 2 is 1.53 bits per heavy atom. The van der Waals surface area contributed by atoms with E-state index >= 15 is 0 Å². The van der Waals surface area contributed by atoms with E-state index in [0.717, 1.165) is 28.5 Å². The second-order valence-electron chi connectivity index (χ2n) is 7.60. The molecule has 0 saturated heterocycles. The largest absolute Gasteiger partial charge is 0.453 e. The predicted molar refractivity (Wildman–Crippen MR) is 129 cm³/mol. The molecule has 2 heterocycles. The van der Waals surface area contributed by atoms with Crippen molar-refractivity contribution in [2.75, 3.05) is 0 Å². The maximum absolute atomic E-state index is 13.8. The lowest BCUT2D eigenvalue weighted by atomic mass is 10.1. The Morgan fingerprint density at radius 1 is 0.833 bits per heavy atom. The molecule has 0 radical (unpaired) electrons. The molecule has 0 aliphatic carbocycles. The van der Waals surface area contributed by atoms with Crippen LogP contribution in [0.1, 0.15) is 15.4 Å². The number of ether oxygens (including phenoxy) is 2. The summed E-state index contributed by atoms with van der Waals surface area (Å²) >= 11 is 1.15. The van der Waals surface area contributed by atoms with Crippen molar-refractivity contribution in [1.29, 1.82) is 0 Å². The quantitative estimate of drug-likeness (QED) is 0.181. The highest BCUT2D eigenvalue weighted by Gasteiger charge is 2.40. The molecule has 0 N–H and O–H groups in total. The third-order valence-electron chi connectivity index (χ3n) is 5.19. The van der Waals surface area contributed by atoms with Crippen molar-refractivity contribution in [1.82, 2.24) is 0 Å². The van der Waals surface area contributed by atoms with Gasteiger partial charge >= 0.3 is 12.1 Å². The Labute approximate surface area is 206 Å². The smallest absolute Gasteiger partial charge is 0.449 e. The van der Waals surface area contributed by atoms with E-state index in [2.05, 4.69) is 0 Å². The maximum atomic E-state index is 13.8. The van der Waals surface area contributed by atoms with Crippen molar-refractivity contribution in [3.05, 3.63) is 111 Å². The molecule has 0 fully saturated rings. The summed E-state index contributed by atoms with van der Waals surface area (Å²) in [5.74, 6) is -3.28. The Balaban J connectivity index is 1.50. The van der Waals surface area contributed by atoms with E-state index < -0.39 is 34.7 Å². The van der Waals surface area contributed by atoms with Gasteiger partial charge in [0, 0.05) is 6.07 Å². The Bertz CT molecular complexity index is 1590. The fourth-order valence-corrected chi connectivity index (χ4v) is 4.11. The summed E-state index contributed by atoms with van der Waals surface area (Å²) < 4.78 is 57.2. The first-order valence-electron chi connectivity index (χ1n) is 10.6. The number of fused-ring (bicyclic) bond motifs is 1. The van der Waals surface area contributed by atoms with Gasteiger partial charge in [-0.05, 0) is 46.8 Å². The van der Waals surface area contributed by atoms with E-state index in [9.17, 15) is 22.8 Å². The zero-order chi connectivity index (χ0) is 25.3. The summed E-state index contributed by atoms with van der Waals surface area (Å²) in [6, 6.07) is 22.5. The normalized spacial score (nSPS) is 11.4. The second kappa shape index (κ2) is 9.35. The Morgan fingerprint density at radius 3 is 2.19 bits per heavy atom. The van der Waals surface area contributed by atoms with Crippen LogP contribution in [0.15, 0.2) is 99.5 Å². The molecule has 0 spiro atoms. The van der Waals surface area contributed by atoms with E-state index in [1.807, 2.05) is 30.3 Å². The third-order valence-corrected chi connectivity index (χ3v) is 6.04. The molecule has 180 valence electrons. The average Bonchev–Trinajstić information content (AvgIpc) is 3.41. The van der Waals surface area contributed by atoms with Crippen LogP contribution < -0.4 is 14.9 Å². The molecule has 0 unspecified atom stereocenters. The molecule has 0 aliphatic heterocycles. The summed E-state index contributed by atoms with van der Waals surface area (Å²) in [5, 5.41) is 1.53. The lowest BCUT2D eigenvalue weighted by Crippen LogP contribution is -2.15. The lowest BCUT2D eigenvalue weighted by molar-refractivity contribution is -0.154. The van der Waals surface area contributed by atoms with Crippen molar-refractivity contribution in [3.8, 4) is 28.4 Å². The number of hydrogen-bond donors (Lipinski definition) is 0. The van der Waals surface area contributed by atoms with Crippen molar-refractivity contribution < 1.29 is 31.9 Å². The van der Waals surface area contributed by atoms with Crippen LogP contribution in [-0.2, 0) is 6.18 Å². The highest BCUT2D eigenvalue weighted by Crippen LogP contribution is 2.39. The molecule has 0 amide bonds. The van der Waals surface area contributed by atoms with Gasteiger partial charge in [-0.2, -0.15) is 13.2 Å². The highest BCUT2D eigenvalue weighted by molar-refractivity contribution is 7.12. The first-order chi connectivity index (χ1) is 17.3. The van der Waals surface area contributed by atoms with Gasteiger partial charge < -0.3 is 13.9 Å². The van der Waals surface area contributed by atoms with Crippen LogP contribution in [0.25, 0.3) is 22.1 Å². The molecule has 3 aromatic carbocycles. The van der Waals surface area contributed by atoms with Crippen LogP contribution in [0.4, 0.5) is 13.2 Å².